The highest BCUT2D eigenvalue weighted by molar-refractivity contribution is 5.93. The molecular weight excluding hydrogens is 384 g/mol. The molecule has 0 radical (unpaired) electrons. The predicted molar refractivity (Wildman–Crippen MR) is 122 cm³/mol. The monoisotopic (exact) mass is 414 g/mol. The van der Waals surface area contributed by atoms with E-state index >= 15 is 0 Å². The van der Waals surface area contributed by atoms with Crippen LogP contribution in [0.5, 0.6) is 0 Å². The molecule has 2 aliphatic rings. The summed E-state index contributed by atoms with van der Waals surface area (Å²) in [5, 5.41) is 8.70. The second-order valence-corrected chi connectivity index (χ2v) is 9.10. The summed E-state index contributed by atoms with van der Waals surface area (Å²) in [4.78, 5) is 14.6. The molecule has 1 N–H and O–H groups in total. The van der Waals surface area contributed by atoms with E-state index < -0.39 is 0 Å². The minimum atomic E-state index is -0.00279. The summed E-state index contributed by atoms with van der Waals surface area (Å²) in [5.74, 6) is -0.00279. The number of aromatic nitrogens is 2. The van der Waals surface area contributed by atoms with E-state index in [1.165, 1.54) is 22.4 Å². The van der Waals surface area contributed by atoms with Crippen LogP contribution in [0.15, 0.2) is 54.6 Å². The van der Waals surface area contributed by atoms with Crippen LogP contribution in [0.2, 0.25) is 0 Å². The Labute approximate surface area is 184 Å². The highest BCUT2D eigenvalue weighted by atomic mass is 16.2. The van der Waals surface area contributed by atoms with Crippen LogP contribution in [0.4, 0.5) is 0 Å². The first kappa shape index (κ1) is 20.0. The van der Waals surface area contributed by atoms with Crippen molar-refractivity contribution < 1.29 is 4.79 Å². The molecule has 3 aromatic rings. The topological polar surface area (TPSA) is 50.2 Å². The van der Waals surface area contributed by atoms with Crippen LogP contribution >= 0.6 is 0 Å². The first-order valence-corrected chi connectivity index (χ1v) is 11.3. The van der Waals surface area contributed by atoms with Crippen molar-refractivity contribution in [3.63, 3.8) is 0 Å². The summed E-state index contributed by atoms with van der Waals surface area (Å²) in [6, 6.07) is 20.0. The van der Waals surface area contributed by atoms with E-state index in [9.17, 15) is 4.79 Å². The van der Waals surface area contributed by atoms with Crippen LogP contribution in [0.1, 0.15) is 44.9 Å². The van der Waals surface area contributed by atoms with Crippen molar-refractivity contribution >= 4 is 5.91 Å². The van der Waals surface area contributed by atoms with Gasteiger partial charge in [0.15, 0.2) is 5.69 Å². The Morgan fingerprint density at radius 2 is 1.68 bits per heavy atom. The Morgan fingerprint density at radius 1 is 1.00 bits per heavy atom. The average Bonchev–Trinajstić information content (AvgIpc) is 3.34. The molecule has 160 valence electrons. The lowest BCUT2D eigenvalue weighted by Gasteiger charge is -2.27. The van der Waals surface area contributed by atoms with Crippen molar-refractivity contribution in [1.82, 2.24) is 20.0 Å². The van der Waals surface area contributed by atoms with Crippen molar-refractivity contribution in [3.8, 4) is 0 Å². The lowest BCUT2D eigenvalue weighted by molar-refractivity contribution is 0.0820. The van der Waals surface area contributed by atoms with Gasteiger partial charge in [-0.15, -0.1) is 0 Å². The summed E-state index contributed by atoms with van der Waals surface area (Å²) in [6.07, 6.45) is 5.08. The third-order valence-corrected chi connectivity index (χ3v) is 6.65. The van der Waals surface area contributed by atoms with Gasteiger partial charge in [0.2, 0.25) is 0 Å². The molecule has 1 amide bonds. The molecule has 1 aromatic heterocycles. The molecule has 0 aliphatic heterocycles. The second kappa shape index (κ2) is 8.31. The van der Waals surface area contributed by atoms with E-state index in [0.29, 0.717) is 24.3 Å². The maximum atomic E-state index is 12.9. The normalized spacial score (nSPS) is 17.9. The number of nitrogens with zero attached hydrogens (tertiary/aromatic N) is 3. The molecule has 2 aliphatic carbocycles. The summed E-state index contributed by atoms with van der Waals surface area (Å²) in [6.45, 7) is 0.708. The van der Waals surface area contributed by atoms with Gasteiger partial charge in [-0.1, -0.05) is 54.6 Å². The van der Waals surface area contributed by atoms with Crippen molar-refractivity contribution in [2.45, 2.75) is 50.7 Å². The molecule has 0 saturated carbocycles. The van der Waals surface area contributed by atoms with Crippen molar-refractivity contribution in [1.29, 1.82) is 0 Å². The lowest BCUT2D eigenvalue weighted by Crippen LogP contribution is -2.42. The zero-order valence-electron chi connectivity index (χ0n) is 18.3. The summed E-state index contributed by atoms with van der Waals surface area (Å²) < 4.78 is 2.06. The largest absolute Gasteiger partial charge is 0.343 e. The fraction of sp³-hybridized carbons (Fsp3) is 0.385. The van der Waals surface area contributed by atoms with Gasteiger partial charge in [-0.05, 0) is 48.8 Å². The summed E-state index contributed by atoms with van der Waals surface area (Å²) in [7, 11) is 3.61. The maximum absolute atomic E-state index is 12.9. The third kappa shape index (κ3) is 4.02. The highest BCUT2D eigenvalue weighted by Crippen LogP contribution is 2.28. The Kier molecular flexibility index (Phi) is 5.36. The average molecular weight is 415 g/mol. The van der Waals surface area contributed by atoms with Gasteiger partial charge in [-0.3, -0.25) is 9.48 Å². The molecule has 5 heteroatoms. The first-order chi connectivity index (χ1) is 15.1. The molecular formula is C26H30N4O. The molecule has 5 rings (SSSR count). The van der Waals surface area contributed by atoms with Gasteiger partial charge < -0.3 is 10.2 Å². The smallest absolute Gasteiger partial charge is 0.274 e. The van der Waals surface area contributed by atoms with Crippen LogP contribution in [0, 0.1) is 0 Å². The molecule has 1 atom stereocenters. The standard InChI is InChI=1S/C26H30N4O/c1-29(2)26(31)25-23-16-21(27-22-14-19-10-6-7-11-20(19)15-22)12-13-24(23)30(28-25)17-18-8-4-3-5-9-18/h3-11,21-22,27H,12-17H2,1-2H3/t21-/m0/s1. The van der Waals surface area contributed by atoms with Crippen molar-refractivity contribution in [3.05, 3.63) is 88.2 Å². The van der Waals surface area contributed by atoms with Gasteiger partial charge in [0, 0.05) is 37.4 Å². The number of hydrogen-bond acceptors (Lipinski definition) is 3. The van der Waals surface area contributed by atoms with Gasteiger partial charge in [0.1, 0.15) is 0 Å². The van der Waals surface area contributed by atoms with Crippen LogP contribution in [0.3, 0.4) is 0 Å². The molecule has 0 bridgehead atoms. The van der Waals surface area contributed by atoms with E-state index in [-0.39, 0.29) is 5.91 Å². The molecule has 0 unspecified atom stereocenters. The number of fused-ring (bicyclic) bond motifs is 2. The number of rotatable bonds is 5. The molecule has 2 aromatic carbocycles. The van der Waals surface area contributed by atoms with Crippen LogP contribution in [-0.2, 0) is 32.2 Å². The van der Waals surface area contributed by atoms with E-state index in [4.69, 9.17) is 5.10 Å². The summed E-state index contributed by atoms with van der Waals surface area (Å²) in [5.41, 5.74) is 7.12. The number of nitrogens with one attached hydrogen (secondary N) is 1. The lowest BCUT2D eigenvalue weighted by atomic mass is 9.90. The molecule has 31 heavy (non-hydrogen) atoms. The molecule has 0 spiro atoms. The SMILES string of the molecule is CN(C)C(=O)c1nn(Cc2ccccc2)c2c1C[C@@H](NC1Cc3ccccc3C1)CC2. The molecule has 1 heterocycles. The Balaban J connectivity index is 1.37. The number of carbonyl (C=O) groups is 1. The van der Waals surface area contributed by atoms with Crippen LogP contribution < -0.4 is 5.32 Å². The van der Waals surface area contributed by atoms with Gasteiger partial charge in [-0.25, -0.2) is 0 Å². The minimum Gasteiger partial charge on any atom is -0.343 e. The molecule has 5 nitrogen and oxygen atoms in total. The van der Waals surface area contributed by atoms with E-state index in [1.807, 2.05) is 6.07 Å². The maximum Gasteiger partial charge on any atom is 0.274 e. The minimum absolute atomic E-state index is 0.00279. The quantitative estimate of drug-likeness (QED) is 0.697. The Morgan fingerprint density at radius 3 is 2.35 bits per heavy atom. The Hall–Kier alpha value is -2.92. The molecule has 0 fully saturated rings. The molecule has 0 saturated heterocycles. The van der Waals surface area contributed by atoms with Crippen molar-refractivity contribution in [2.75, 3.05) is 14.1 Å². The van der Waals surface area contributed by atoms with Gasteiger partial charge >= 0.3 is 0 Å². The Bertz CT molecular complexity index is 1060. The van der Waals surface area contributed by atoms with E-state index in [1.54, 1.807) is 19.0 Å². The number of carbonyl (C=O) groups excluding carboxylic acids is 1. The van der Waals surface area contributed by atoms with E-state index in [0.717, 1.165) is 37.7 Å². The third-order valence-electron chi connectivity index (χ3n) is 6.65. The number of amides is 1. The van der Waals surface area contributed by atoms with Gasteiger partial charge in [0.05, 0.1) is 6.54 Å². The first-order valence-electron chi connectivity index (χ1n) is 11.3. The number of benzene rings is 2. The van der Waals surface area contributed by atoms with Gasteiger partial charge in [-0.2, -0.15) is 5.10 Å². The second-order valence-electron chi connectivity index (χ2n) is 9.10. The highest BCUT2D eigenvalue weighted by Gasteiger charge is 2.32. The van der Waals surface area contributed by atoms with Gasteiger partial charge in [0.25, 0.3) is 5.91 Å². The zero-order chi connectivity index (χ0) is 21.4. The van der Waals surface area contributed by atoms with Crippen molar-refractivity contribution in [2.24, 2.45) is 0 Å². The zero-order valence-corrected chi connectivity index (χ0v) is 18.3. The predicted octanol–water partition coefficient (Wildman–Crippen LogP) is 3.25. The van der Waals surface area contributed by atoms with Crippen LogP contribution in [0.25, 0.3) is 0 Å². The van der Waals surface area contributed by atoms with E-state index in [2.05, 4.69) is 58.5 Å². The van der Waals surface area contributed by atoms with Crippen LogP contribution in [-0.4, -0.2) is 46.8 Å². The fourth-order valence-corrected chi connectivity index (χ4v) is 5.11. The summed E-state index contributed by atoms with van der Waals surface area (Å²) >= 11 is 0. The number of hydrogen-bond donors (Lipinski definition) is 1. The fourth-order valence-electron chi connectivity index (χ4n) is 5.11.